The van der Waals surface area contributed by atoms with Gasteiger partial charge in [0.2, 0.25) is 0 Å². The summed E-state index contributed by atoms with van der Waals surface area (Å²) in [5, 5.41) is 4.33. The van der Waals surface area contributed by atoms with Gasteiger partial charge in [-0.05, 0) is 46.0 Å². The van der Waals surface area contributed by atoms with Gasteiger partial charge in [-0.25, -0.2) is 0 Å². The zero-order valence-corrected chi connectivity index (χ0v) is 14.1. The van der Waals surface area contributed by atoms with E-state index >= 15 is 0 Å². The number of nitrogens with zero attached hydrogens (tertiary/aromatic N) is 3. The van der Waals surface area contributed by atoms with Crippen molar-refractivity contribution in [2.45, 2.75) is 65.0 Å². The predicted octanol–water partition coefficient (Wildman–Crippen LogP) is 2.60. The van der Waals surface area contributed by atoms with Crippen molar-refractivity contribution >= 4 is 5.91 Å². The van der Waals surface area contributed by atoms with E-state index in [0.29, 0.717) is 18.0 Å². The summed E-state index contributed by atoms with van der Waals surface area (Å²) in [6.45, 7) is 6.19. The highest BCUT2D eigenvalue weighted by Gasteiger charge is 2.42. The number of rotatable bonds is 3. The van der Waals surface area contributed by atoms with Crippen molar-refractivity contribution in [3.63, 3.8) is 0 Å². The molecular weight excluding hydrogens is 278 g/mol. The highest BCUT2D eigenvalue weighted by atomic mass is 16.5. The number of amides is 1. The van der Waals surface area contributed by atoms with Crippen LogP contribution in [0.15, 0.2) is 0 Å². The summed E-state index contributed by atoms with van der Waals surface area (Å²) >= 11 is 0. The molecule has 1 aliphatic carbocycles. The van der Waals surface area contributed by atoms with Crippen LogP contribution in [0.1, 0.15) is 50.4 Å². The van der Waals surface area contributed by atoms with Gasteiger partial charge in [0.1, 0.15) is 5.69 Å². The lowest BCUT2D eigenvalue weighted by Crippen LogP contribution is -2.44. The number of hydrogen-bond acceptors (Lipinski definition) is 3. The van der Waals surface area contributed by atoms with Crippen molar-refractivity contribution < 1.29 is 9.53 Å². The number of carbonyl (C=O) groups is 1. The van der Waals surface area contributed by atoms with E-state index in [1.165, 1.54) is 19.3 Å². The Bertz CT molecular complexity index is 566. The molecule has 0 unspecified atom stereocenters. The van der Waals surface area contributed by atoms with E-state index in [0.717, 1.165) is 30.0 Å². The lowest BCUT2D eigenvalue weighted by Gasteiger charge is -2.33. The maximum Gasteiger partial charge on any atom is 0.261 e. The van der Waals surface area contributed by atoms with E-state index in [4.69, 9.17) is 4.74 Å². The molecule has 3 atom stereocenters. The standard InChI is InChI=1S/C17H27N3O2/c1-11-9-14-7-5-6-8-15(14)20(11)16(21)10-22-17-12(2)18-19(4)13(17)3/h11,14-15H,5-10H2,1-4H3/t11-,14+,15-/m1/s1. The van der Waals surface area contributed by atoms with E-state index < -0.39 is 0 Å². The smallest absolute Gasteiger partial charge is 0.261 e. The van der Waals surface area contributed by atoms with Crippen LogP contribution in [0.3, 0.4) is 0 Å². The summed E-state index contributed by atoms with van der Waals surface area (Å²) < 4.78 is 7.61. The lowest BCUT2D eigenvalue weighted by molar-refractivity contribution is -0.136. The van der Waals surface area contributed by atoms with Crippen LogP contribution in [-0.2, 0) is 11.8 Å². The Kier molecular flexibility index (Phi) is 4.15. The van der Waals surface area contributed by atoms with Crippen molar-refractivity contribution in [1.29, 1.82) is 0 Å². The third kappa shape index (κ3) is 2.61. The number of ether oxygens (including phenoxy) is 1. The van der Waals surface area contributed by atoms with Gasteiger partial charge in [-0.1, -0.05) is 12.8 Å². The molecule has 3 rings (SSSR count). The van der Waals surface area contributed by atoms with Crippen LogP contribution in [0.5, 0.6) is 5.75 Å². The Balaban J connectivity index is 1.66. The zero-order valence-electron chi connectivity index (χ0n) is 14.1. The molecule has 0 N–H and O–H groups in total. The minimum Gasteiger partial charge on any atom is -0.480 e. The molecule has 0 radical (unpaired) electrons. The quantitative estimate of drug-likeness (QED) is 0.862. The number of aryl methyl sites for hydroxylation is 2. The molecular formula is C17H27N3O2. The monoisotopic (exact) mass is 305 g/mol. The summed E-state index contributed by atoms with van der Waals surface area (Å²) in [5.41, 5.74) is 1.81. The van der Waals surface area contributed by atoms with Crippen LogP contribution in [0, 0.1) is 19.8 Å². The van der Waals surface area contributed by atoms with Crippen LogP contribution in [0.4, 0.5) is 0 Å². The summed E-state index contributed by atoms with van der Waals surface area (Å²) in [6.07, 6.45) is 6.16. The molecule has 1 aliphatic heterocycles. The number of hydrogen-bond donors (Lipinski definition) is 0. The molecule has 5 nitrogen and oxygen atoms in total. The van der Waals surface area contributed by atoms with Crippen molar-refractivity contribution in [2.24, 2.45) is 13.0 Å². The van der Waals surface area contributed by atoms with E-state index in [-0.39, 0.29) is 12.5 Å². The van der Waals surface area contributed by atoms with Crippen molar-refractivity contribution in [2.75, 3.05) is 6.61 Å². The Morgan fingerprint density at radius 1 is 1.32 bits per heavy atom. The van der Waals surface area contributed by atoms with Crippen molar-refractivity contribution in [3.05, 3.63) is 11.4 Å². The first-order valence-electron chi connectivity index (χ1n) is 8.43. The Labute approximate surface area is 132 Å². The molecule has 122 valence electrons. The van der Waals surface area contributed by atoms with Gasteiger partial charge >= 0.3 is 0 Å². The molecule has 5 heteroatoms. The summed E-state index contributed by atoms with van der Waals surface area (Å²) in [6, 6.07) is 0.788. The molecule has 2 fully saturated rings. The SMILES string of the molecule is Cc1nn(C)c(C)c1OCC(=O)N1[C@H](C)C[C@@H]2CCCC[C@H]21. The van der Waals surface area contributed by atoms with Crippen LogP contribution in [-0.4, -0.2) is 39.3 Å². The molecule has 1 aromatic heterocycles. The molecule has 1 saturated heterocycles. The number of likely N-dealkylation sites (tertiary alicyclic amines) is 1. The molecule has 2 aliphatic rings. The Morgan fingerprint density at radius 2 is 2.05 bits per heavy atom. The highest BCUT2D eigenvalue weighted by molar-refractivity contribution is 5.79. The summed E-state index contributed by atoms with van der Waals surface area (Å²) in [7, 11) is 1.90. The van der Waals surface area contributed by atoms with Gasteiger partial charge in [0, 0.05) is 19.1 Å². The van der Waals surface area contributed by atoms with Crippen LogP contribution >= 0.6 is 0 Å². The summed E-state index contributed by atoms with van der Waals surface area (Å²) in [4.78, 5) is 14.8. The maximum atomic E-state index is 12.7. The van der Waals surface area contributed by atoms with Gasteiger partial charge in [0.15, 0.2) is 12.4 Å². The largest absolute Gasteiger partial charge is 0.480 e. The minimum absolute atomic E-state index is 0.126. The fourth-order valence-electron chi connectivity index (χ4n) is 4.31. The molecule has 0 bridgehead atoms. The molecule has 1 saturated carbocycles. The topological polar surface area (TPSA) is 47.4 Å². The minimum atomic E-state index is 0.126. The van der Waals surface area contributed by atoms with Crippen LogP contribution < -0.4 is 4.74 Å². The molecule has 2 heterocycles. The first-order valence-corrected chi connectivity index (χ1v) is 8.43. The first kappa shape index (κ1) is 15.4. The predicted molar refractivity (Wildman–Crippen MR) is 84.8 cm³/mol. The average molecular weight is 305 g/mol. The van der Waals surface area contributed by atoms with Crippen LogP contribution in [0.2, 0.25) is 0 Å². The fourth-order valence-corrected chi connectivity index (χ4v) is 4.31. The summed E-state index contributed by atoms with van der Waals surface area (Å²) in [5.74, 6) is 1.59. The van der Waals surface area contributed by atoms with Crippen LogP contribution in [0.25, 0.3) is 0 Å². The Hall–Kier alpha value is -1.52. The van der Waals surface area contributed by atoms with Crippen molar-refractivity contribution in [1.82, 2.24) is 14.7 Å². The van der Waals surface area contributed by atoms with Gasteiger partial charge in [-0.2, -0.15) is 5.10 Å². The van der Waals surface area contributed by atoms with E-state index in [1.807, 2.05) is 20.9 Å². The second kappa shape index (κ2) is 5.94. The number of aromatic nitrogens is 2. The van der Waals surface area contributed by atoms with E-state index in [9.17, 15) is 4.79 Å². The Morgan fingerprint density at radius 3 is 2.73 bits per heavy atom. The third-order valence-electron chi connectivity index (χ3n) is 5.42. The number of fused-ring (bicyclic) bond motifs is 1. The van der Waals surface area contributed by atoms with E-state index in [1.54, 1.807) is 4.68 Å². The fraction of sp³-hybridized carbons (Fsp3) is 0.765. The highest BCUT2D eigenvalue weighted by Crippen LogP contribution is 2.39. The van der Waals surface area contributed by atoms with E-state index in [2.05, 4.69) is 16.9 Å². The maximum absolute atomic E-state index is 12.7. The molecule has 1 amide bonds. The van der Waals surface area contributed by atoms with Crippen molar-refractivity contribution in [3.8, 4) is 5.75 Å². The molecule has 22 heavy (non-hydrogen) atoms. The second-order valence-electron chi connectivity index (χ2n) is 6.91. The lowest BCUT2D eigenvalue weighted by atomic mass is 9.85. The number of carbonyl (C=O) groups excluding carboxylic acids is 1. The zero-order chi connectivity index (χ0) is 15.9. The van der Waals surface area contributed by atoms with Gasteiger partial charge < -0.3 is 9.64 Å². The van der Waals surface area contributed by atoms with Gasteiger partial charge in [-0.3, -0.25) is 9.48 Å². The van der Waals surface area contributed by atoms with Gasteiger partial charge in [0.05, 0.1) is 5.69 Å². The van der Waals surface area contributed by atoms with Gasteiger partial charge in [-0.15, -0.1) is 0 Å². The average Bonchev–Trinajstić information content (AvgIpc) is 2.93. The van der Waals surface area contributed by atoms with Gasteiger partial charge in [0.25, 0.3) is 5.91 Å². The third-order valence-corrected chi connectivity index (χ3v) is 5.42. The molecule has 1 aromatic rings. The molecule has 0 aromatic carbocycles. The molecule has 0 spiro atoms. The first-order chi connectivity index (χ1) is 10.5. The normalized spacial score (nSPS) is 27.8. The second-order valence-corrected chi connectivity index (χ2v) is 6.91.